The highest BCUT2D eigenvalue weighted by atomic mass is 16.5. The monoisotopic (exact) mass is 417 g/mol. The fraction of sp³-hybridized carbons (Fsp3) is 0.375. The maximum atomic E-state index is 12.9. The normalized spacial score (nSPS) is 20.2. The Morgan fingerprint density at radius 1 is 1.10 bits per heavy atom. The molecule has 160 valence electrons. The first kappa shape index (κ1) is 19.8. The molecule has 2 aliphatic rings. The van der Waals surface area contributed by atoms with E-state index in [2.05, 4.69) is 51.6 Å². The highest BCUT2D eigenvalue weighted by Crippen LogP contribution is 2.33. The second-order valence-electron chi connectivity index (χ2n) is 8.64. The number of aryl methyl sites for hydroxylation is 1. The van der Waals surface area contributed by atoms with E-state index in [0.717, 1.165) is 44.2 Å². The van der Waals surface area contributed by atoms with Gasteiger partial charge in [-0.2, -0.15) is 0 Å². The number of anilines is 1. The van der Waals surface area contributed by atoms with Crippen LogP contribution in [0.2, 0.25) is 0 Å². The van der Waals surface area contributed by atoms with Gasteiger partial charge in [-0.25, -0.2) is 0 Å². The minimum atomic E-state index is -0.225. The number of ether oxygens (including phenoxy) is 1. The Balaban J connectivity index is 1.26. The number of nitrogens with one attached hydrogen (secondary N) is 1. The van der Waals surface area contributed by atoms with Gasteiger partial charge in [-0.15, -0.1) is 10.2 Å². The number of likely N-dealkylation sites (tertiary alicyclic amines) is 1. The summed E-state index contributed by atoms with van der Waals surface area (Å²) in [4.78, 5) is 15.4. The standard InChI is InChI=1S/C24H27N5O2/c1-16-4-3-5-17(10-16)12-28-13-18-11-22-26-27-23(29(22)15-19(18)14-28)24(30)25-20-6-8-21(31-2)9-7-20/h3-10,18-19H,11-15H2,1-2H3,(H,25,30)/t18-,19+/m0/s1. The van der Waals surface area contributed by atoms with Crippen molar-refractivity contribution in [1.29, 1.82) is 0 Å². The Morgan fingerprint density at radius 3 is 2.68 bits per heavy atom. The minimum Gasteiger partial charge on any atom is -0.497 e. The van der Waals surface area contributed by atoms with E-state index >= 15 is 0 Å². The zero-order chi connectivity index (χ0) is 21.4. The Kier molecular flexibility index (Phi) is 5.19. The Morgan fingerprint density at radius 2 is 1.90 bits per heavy atom. The van der Waals surface area contributed by atoms with E-state index in [1.54, 1.807) is 7.11 Å². The van der Waals surface area contributed by atoms with Gasteiger partial charge in [-0.1, -0.05) is 29.8 Å². The van der Waals surface area contributed by atoms with Crippen LogP contribution in [0.3, 0.4) is 0 Å². The van der Waals surface area contributed by atoms with E-state index in [0.29, 0.717) is 23.3 Å². The summed E-state index contributed by atoms with van der Waals surface area (Å²) in [7, 11) is 1.62. The van der Waals surface area contributed by atoms with Gasteiger partial charge in [0.25, 0.3) is 5.91 Å². The van der Waals surface area contributed by atoms with Crippen LogP contribution in [0.15, 0.2) is 48.5 Å². The highest BCUT2D eigenvalue weighted by Gasteiger charge is 2.39. The molecule has 3 aromatic rings. The van der Waals surface area contributed by atoms with Crippen LogP contribution < -0.4 is 10.1 Å². The molecule has 1 N–H and O–H groups in total. The first-order chi connectivity index (χ1) is 15.1. The first-order valence-electron chi connectivity index (χ1n) is 10.7. The smallest absolute Gasteiger partial charge is 0.293 e. The molecule has 1 fully saturated rings. The number of fused-ring (bicyclic) bond motifs is 2. The average Bonchev–Trinajstić information content (AvgIpc) is 3.35. The Bertz CT molecular complexity index is 1090. The highest BCUT2D eigenvalue weighted by molar-refractivity contribution is 6.01. The van der Waals surface area contributed by atoms with Crippen molar-refractivity contribution in [3.05, 3.63) is 71.3 Å². The summed E-state index contributed by atoms with van der Waals surface area (Å²) < 4.78 is 7.18. The second kappa shape index (κ2) is 8.15. The summed E-state index contributed by atoms with van der Waals surface area (Å²) in [6.45, 7) is 6.01. The second-order valence-corrected chi connectivity index (χ2v) is 8.64. The molecule has 0 saturated carbocycles. The third-order valence-electron chi connectivity index (χ3n) is 6.38. The van der Waals surface area contributed by atoms with Crippen molar-refractivity contribution < 1.29 is 9.53 Å². The number of hydrogen-bond acceptors (Lipinski definition) is 5. The van der Waals surface area contributed by atoms with Gasteiger partial charge in [0.15, 0.2) is 0 Å². The molecular weight excluding hydrogens is 390 g/mol. The number of methoxy groups -OCH3 is 1. The van der Waals surface area contributed by atoms with Gasteiger partial charge in [0.05, 0.1) is 7.11 Å². The summed E-state index contributed by atoms with van der Waals surface area (Å²) in [6.07, 6.45) is 0.873. The molecule has 7 heteroatoms. The van der Waals surface area contributed by atoms with Crippen LogP contribution in [0.5, 0.6) is 5.75 Å². The molecule has 31 heavy (non-hydrogen) atoms. The molecule has 0 aliphatic carbocycles. The quantitative estimate of drug-likeness (QED) is 0.691. The maximum absolute atomic E-state index is 12.9. The predicted octanol–water partition coefficient (Wildman–Crippen LogP) is 3.15. The number of rotatable bonds is 5. The summed E-state index contributed by atoms with van der Waals surface area (Å²) in [5, 5.41) is 11.5. The molecule has 1 aromatic heterocycles. The van der Waals surface area contributed by atoms with Crippen LogP contribution in [0.1, 0.15) is 27.6 Å². The molecule has 2 atom stereocenters. The van der Waals surface area contributed by atoms with E-state index in [1.807, 2.05) is 28.8 Å². The first-order valence-corrected chi connectivity index (χ1v) is 10.7. The SMILES string of the molecule is COc1ccc(NC(=O)c2nnc3n2C[C@H]2CN(Cc4cccc(C)c4)C[C@@H]2C3)cc1. The van der Waals surface area contributed by atoms with E-state index < -0.39 is 0 Å². The van der Waals surface area contributed by atoms with E-state index in [4.69, 9.17) is 4.74 Å². The summed E-state index contributed by atoms with van der Waals surface area (Å²) in [6, 6.07) is 16.0. The number of amides is 1. The van der Waals surface area contributed by atoms with Crippen molar-refractivity contribution in [2.45, 2.75) is 26.4 Å². The number of benzene rings is 2. The third kappa shape index (κ3) is 4.05. The van der Waals surface area contributed by atoms with Crippen molar-refractivity contribution in [2.75, 3.05) is 25.5 Å². The van der Waals surface area contributed by atoms with E-state index in [1.165, 1.54) is 11.1 Å². The fourth-order valence-electron chi connectivity index (χ4n) is 4.85. The number of nitrogens with zero attached hydrogens (tertiary/aromatic N) is 4. The molecule has 2 aromatic carbocycles. The maximum Gasteiger partial charge on any atom is 0.293 e. The van der Waals surface area contributed by atoms with Crippen LogP contribution in [0.25, 0.3) is 0 Å². The molecule has 0 bridgehead atoms. The molecule has 3 heterocycles. The molecular formula is C24H27N5O2. The van der Waals surface area contributed by atoms with Crippen LogP contribution in [-0.4, -0.2) is 45.8 Å². The molecule has 0 radical (unpaired) electrons. The lowest BCUT2D eigenvalue weighted by Crippen LogP contribution is -2.31. The molecule has 1 amide bonds. The minimum absolute atomic E-state index is 0.225. The summed E-state index contributed by atoms with van der Waals surface area (Å²) in [5.74, 6) is 2.91. The molecule has 0 unspecified atom stereocenters. The van der Waals surface area contributed by atoms with Crippen LogP contribution in [-0.2, 0) is 19.5 Å². The van der Waals surface area contributed by atoms with Gasteiger partial charge < -0.3 is 14.6 Å². The fourth-order valence-corrected chi connectivity index (χ4v) is 4.85. The van der Waals surface area contributed by atoms with Gasteiger partial charge >= 0.3 is 0 Å². The average molecular weight is 418 g/mol. The lowest BCUT2D eigenvalue weighted by Gasteiger charge is -2.25. The molecule has 7 nitrogen and oxygen atoms in total. The van der Waals surface area contributed by atoms with E-state index in [9.17, 15) is 4.79 Å². The molecule has 1 saturated heterocycles. The van der Waals surface area contributed by atoms with Gasteiger partial charge in [0.1, 0.15) is 11.6 Å². The summed E-state index contributed by atoms with van der Waals surface area (Å²) in [5.41, 5.74) is 3.37. The third-order valence-corrected chi connectivity index (χ3v) is 6.38. The van der Waals surface area contributed by atoms with Crippen LogP contribution in [0.4, 0.5) is 5.69 Å². The van der Waals surface area contributed by atoms with Crippen LogP contribution >= 0.6 is 0 Å². The zero-order valence-corrected chi connectivity index (χ0v) is 17.9. The lowest BCUT2D eigenvalue weighted by molar-refractivity contribution is 0.100. The van der Waals surface area contributed by atoms with Crippen molar-refractivity contribution in [2.24, 2.45) is 11.8 Å². The Hall–Kier alpha value is -3.19. The molecule has 5 rings (SSSR count). The molecule has 2 aliphatic heterocycles. The van der Waals surface area contributed by atoms with Crippen molar-refractivity contribution in [3.63, 3.8) is 0 Å². The number of aromatic nitrogens is 3. The van der Waals surface area contributed by atoms with Gasteiger partial charge in [-0.05, 0) is 48.6 Å². The zero-order valence-electron chi connectivity index (χ0n) is 17.9. The van der Waals surface area contributed by atoms with Crippen LogP contribution in [0, 0.1) is 18.8 Å². The number of hydrogen-bond donors (Lipinski definition) is 1. The largest absolute Gasteiger partial charge is 0.497 e. The Labute approximate surface area is 182 Å². The van der Waals surface area contributed by atoms with Gasteiger partial charge in [0, 0.05) is 38.3 Å². The number of carbonyl (C=O) groups excluding carboxylic acids is 1. The van der Waals surface area contributed by atoms with Crippen molar-refractivity contribution in [3.8, 4) is 5.75 Å². The van der Waals surface area contributed by atoms with Crippen molar-refractivity contribution in [1.82, 2.24) is 19.7 Å². The topological polar surface area (TPSA) is 72.3 Å². The predicted molar refractivity (Wildman–Crippen MR) is 118 cm³/mol. The van der Waals surface area contributed by atoms with Crippen molar-refractivity contribution >= 4 is 11.6 Å². The number of carbonyl (C=O) groups is 1. The lowest BCUT2D eigenvalue weighted by atomic mass is 9.89. The van der Waals surface area contributed by atoms with Gasteiger partial charge in [-0.3, -0.25) is 9.69 Å². The van der Waals surface area contributed by atoms with E-state index in [-0.39, 0.29) is 5.91 Å². The summed E-state index contributed by atoms with van der Waals surface area (Å²) >= 11 is 0. The molecule has 0 spiro atoms. The van der Waals surface area contributed by atoms with Gasteiger partial charge in [0.2, 0.25) is 5.82 Å².